The third kappa shape index (κ3) is 16.3. The number of amides is 2. The summed E-state index contributed by atoms with van der Waals surface area (Å²) in [6.45, 7) is 6.40. The van der Waals surface area contributed by atoms with E-state index in [-0.39, 0.29) is 48.4 Å². The van der Waals surface area contributed by atoms with Crippen LogP contribution in [0.1, 0.15) is 121 Å². The molecule has 2 atom stereocenters. The molecule has 0 radical (unpaired) electrons. The SMILES string of the molecule is COC(=O)CC(CCC1CCN(C(=O)c2cccc(NC3=NCCCN3)c2)CC1)c1cccnc1.Cl.O=C(O)CC(CCC1CCN(C(=O)c2cccc(NC3=NCCCN3)c2)CC1)c1cccnc1. The number of aliphatic imine (C=N–C) groups is 2. The first-order valence-corrected chi connectivity index (χ1v) is 24.7. The van der Waals surface area contributed by atoms with E-state index in [4.69, 9.17) is 4.74 Å². The maximum absolute atomic E-state index is 13.2. The molecule has 8 rings (SSSR count). The molecule has 0 spiro atoms. The second-order valence-corrected chi connectivity index (χ2v) is 18.4. The molecule has 4 aromatic rings. The number of aromatic nitrogens is 2. The molecule has 374 valence electrons. The van der Waals surface area contributed by atoms with E-state index in [9.17, 15) is 24.3 Å². The van der Waals surface area contributed by atoms with Crippen LogP contribution in [0.25, 0.3) is 0 Å². The van der Waals surface area contributed by atoms with E-state index in [2.05, 4.69) is 41.2 Å². The number of hydrogen-bond acceptors (Lipinski definition) is 13. The number of rotatable bonds is 16. The summed E-state index contributed by atoms with van der Waals surface area (Å²) in [7, 11) is 1.43. The fourth-order valence-electron chi connectivity index (χ4n) is 9.56. The van der Waals surface area contributed by atoms with Crippen molar-refractivity contribution in [3.63, 3.8) is 0 Å². The average molecular weight is 978 g/mol. The molecule has 4 aliphatic heterocycles. The molecule has 2 aromatic heterocycles. The van der Waals surface area contributed by atoms with Gasteiger partial charge in [0.2, 0.25) is 0 Å². The zero-order chi connectivity index (χ0) is 48.2. The highest BCUT2D eigenvalue weighted by atomic mass is 35.5. The number of carboxylic acids is 1. The summed E-state index contributed by atoms with van der Waals surface area (Å²) < 4.78 is 4.91. The van der Waals surface area contributed by atoms with Gasteiger partial charge in [-0.1, -0.05) is 24.3 Å². The van der Waals surface area contributed by atoms with Gasteiger partial charge in [0, 0.05) is 99.6 Å². The number of carbonyl (C=O) groups excluding carboxylic acids is 3. The van der Waals surface area contributed by atoms with Crippen molar-refractivity contribution < 1.29 is 29.0 Å². The van der Waals surface area contributed by atoms with Gasteiger partial charge >= 0.3 is 11.9 Å². The van der Waals surface area contributed by atoms with Crippen LogP contribution in [0.2, 0.25) is 0 Å². The smallest absolute Gasteiger partial charge is 0.306 e. The van der Waals surface area contributed by atoms with Gasteiger partial charge in [-0.3, -0.25) is 39.1 Å². The minimum Gasteiger partial charge on any atom is -0.481 e. The van der Waals surface area contributed by atoms with Gasteiger partial charge in [-0.15, -0.1) is 12.4 Å². The number of carboxylic acid groups (broad SMARTS) is 1. The van der Waals surface area contributed by atoms with Gasteiger partial charge in [0.05, 0.1) is 20.0 Å². The number of pyridine rings is 2. The van der Waals surface area contributed by atoms with Crippen LogP contribution in [0.4, 0.5) is 11.4 Å². The number of anilines is 2. The van der Waals surface area contributed by atoms with Crippen LogP contribution >= 0.6 is 12.4 Å². The summed E-state index contributed by atoms with van der Waals surface area (Å²) in [4.78, 5) is 70.7. The topological polar surface area (TPSA) is 203 Å². The van der Waals surface area contributed by atoms with Crippen LogP contribution in [0.3, 0.4) is 0 Å². The molecule has 2 amide bonds. The lowest BCUT2D eigenvalue weighted by Crippen LogP contribution is -2.38. The Labute approximate surface area is 418 Å². The Kier molecular flexibility index (Phi) is 20.8. The van der Waals surface area contributed by atoms with Crippen molar-refractivity contribution in [1.29, 1.82) is 0 Å². The van der Waals surface area contributed by atoms with Gasteiger partial charge < -0.3 is 40.9 Å². The number of methoxy groups -OCH3 is 1. The average Bonchev–Trinajstić information content (AvgIpc) is 3.40. The first-order valence-electron chi connectivity index (χ1n) is 24.7. The van der Waals surface area contributed by atoms with Crippen LogP contribution in [0, 0.1) is 11.8 Å². The number of nitrogens with one attached hydrogen (secondary N) is 4. The molecule has 0 bridgehead atoms. The zero-order valence-electron chi connectivity index (χ0n) is 40.3. The van der Waals surface area contributed by atoms with Crippen molar-refractivity contribution in [2.45, 2.75) is 88.9 Å². The number of ether oxygens (including phenoxy) is 1. The van der Waals surface area contributed by atoms with Crippen LogP contribution in [0.15, 0.2) is 108 Å². The van der Waals surface area contributed by atoms with Crippen LogP contribution < -0.4 is 21.3 Å². The summed E-state index contributed by atoms with van der Waals surface area (Å²) in [5.74, 6) is 1.80. The highest BCUT2D eigenvalue weighted by Crippen LogP contribution is 2.32. The molecule has 16 nitrogen and oxygen atoms in total. The van der Waals surface area contributed by atoms with E-state index >= 15 is 0 Å². The van der Waals surface area contributed by atoms with Crippen molar-refractivity contribution in [2.75, 3.05) is 70.1 Å². The van der Waals surface area contributed by atoms with Crippen LogP contribution in [0.5, 0.6) is 0 Å². The number of carbonyl (C=O) groups is 4. The van der Waals surface area contributed by atoms with E-state index < -0.39 is 5.97 Å². The fraction of sp³-hybridized carbons (Fsp3) is 0.472. The molecule has 2 aromatic carbocycles. The van der Waals surface area contributed by atoms with Gasteiger partial charge in [0.15, 0.2) is 11.9 Å². The summed E-state index contributed by atoms with van der Waals surface area (Å²) >= 11 is 0. The number of nitrogens with zero attached hydrogens (tertiary/aromatic N) is 6. The van der Waals surface area contributed by atoms with Crippen molar-refractivity contribution in [1.82, 2.24) is 30.4 Å². The normalized spacial score (nSPS) is 17.0. The molecule has 2 unspecified atom stereocenters. The Morgan fingerprint density at radius 2 is 1.13 bits per heavy atom. The fourth-order valence-corrected chi connectivity index (χ4v) is 9.56. The number of hydrogen-bond donors (Lipinski definition) is 5. The van der Waals surface area contributed by atoms with Gasteiger partial charge in [-0.2, -0.15) is 0 Å². The predicted molar refractivity (Wildman–Crippen MR) is 276 cm³/mol. The molecule has 4 aliphatic rings. The quantitative estimate of drug-likeness (QED) is 0.0679. The van der Waals surface area contributed by atoms with E-state index in [1.807, 2.05) is 88.8 Å². The first-order chi connectivity index (χ1) is 33.7. The summed E-state index contributed by atoms with van der Waals surface area (Å²) in [5, 5.41) is 22.3. The van der Waals surface area contributed by atoms with Gasteiger partial charge in [-0.05, 0) is 148 Å². The number of piperidine rings is 2. The number of likely N-dealkylation sites (tertiary alicyclic amines) is 2. The highest BCUT2D eigenvalue weighted by molar-refractivity contribution is 5.99. The lowest BCUT2D eigenvalue weighted by atomic mass is 9.85. The third-order valence-electron chi connectivity index (χ3n) is 13.6. The zero-order valence-corrected chi connectivity index (χ0v) is 41.1. The molecular formula is C53H69ClN10O6. The number of benzene rings is 2. The highest BCUT2D eigenvalue weighted by Gasteiger charge is 2.28. The number of halogens is 1. The van der Waals surface area contributed by atoms with E-state index in [0.29, 0.717) is 29.4 Å². The Bertz CT molecular complexity index is 2360. The Morgan fingerprint density at radius 1 is 0.671 bits per heavy atom. The van der Waals surface area contributed by atoms with E-state index in [1.54, 1.807) is 18.6 Å². The second-order valence-electron chi connectivity index (χ2n) is 18.4. The maximum atomic E-state index is 13.2. The lowest BCUT2D eigenvalue weighted by Gasteiger charge is -2.33. The lowest BCUT2D eigenvalue weighted by molar-refractivity contribution is -0.141. The van der Waals surface area contributed by atoms with Crippen molar-refractivity contribution in [3.8, 4) is 0 Å². The van der Waals surface area contributed by atoms with Gasteiger partial charge in [0.25, 0.3) is 11.8 Å². The van der Waals surface area contributed by atoms with Crippen molar-refractivity contribution in [2.24, 2.45) is 21.8 Å². The minimum atomic E-state index is -0.780. The molecule has 2 fully saturated rings. The summed E-state index contributed by atoms with van der Waals surface area (Å²) in [5.41, 5.74) is 5.16. The minimum absolute atomic E-state index is 0. The first kappa shape index (κ1) is 52.8. The summed E-state index contributed by atoms with van der Waals surface area (Å²) in [6, 6.07) is 23.0. The molecule has 0 aliphatic carbocycles. The Balaban J connectivity index is 0.000000226. The maximum Gasteiger partial charge on any atom is 0.306 e. The molecule has 17 heteroatoms. The van der Waals surface area contributed by atoms with Crippen LogP contribution in [-0.2, 0) is 14.3 Å². The number of esters is 1. The molecule has 0 saturated carbocycles. The van der Waals surface area contributed by atoms with Gasteiger partial charge in [0.1, 0.15) is 0 Å². The van der Waals surface area contributed by atoms with E-state index in [0.717, 1.165) is 151 Å². The van der Waals surface area contributed by atoms with Crippen molar-refractivity contribution in [3.05, 3.63) is 120 Å². The Morgan fingerprint density at radius 3 is 1.51 bits per heavy atom. The van der Waals surface area contributed by atoms with E-state index in [1.165, 1.54) is 7.11 Å². The summed E-state index contributed by atoms with van der Waals surface area (Å²) in [6.07, 6.45) is 17.2. The largest absolute Gasteiger partial charge is 0.481 e. The van der Waals surface area contributed by atoms with Gasteiger partial charge in [-0.25, -0.2) is 0 Å². The second kappa shape index (κ2) is 27.6. The predicted octanol–water partition coefficient (Wildman–Crippen LogP) is 7.98. The monoisotopic (exact) mass is 977 g/mol. The number of guanidine groups is 2. The van der Waals surface area contributed by atoms with Crippen molar-refractivity contribution >= 4 is 59.5 Å². The Hall–Kier alpha value is -6.55. The standard InChI is InChI=1S/C27H35N5O3.C26H33N5O3.ClH/c1-35-25(33)18-21(23-6-3-12-28-19-23)9-8-20-10-15-32(16-11-20)26(34)22-5-2-7-24(17-22)31-27-29-13-4-14-30-27;32-24(33)17-20(22-5-2-11-27-18-22)8-7-19-9-14-31(15-10-19)25(34)21-4-1-6-23(16-21)30-26-28-12-3-13-29-26;/h2-3,5-7,12,17,19-21H,4,8-11,13-16,18H2,1H3,(H2,29,30,31);1-2,4-6,11,16,18-20H,3,7-10,12-15,17H2,(H,32,33)(H2,28,29,30);1H. The van der Waals surface area contributed by atoms with Crippen LogP contribution in [-0.4, -0.2) is 120 Å². The molecule has 6 heterocycles. The third-order valence-corrected chi connectivity index (χ3v) is 13.6. The molecule has 2 saturated heterocycles. The molecule has 70 heavy (non-hydrogen) atoms. The molecular weight excluding hydrogens is 908 g/mol. The molecule has 5 N–H and O–H groups in total. The number of aliphatic carboxylic acids is 1.